The second kappa shape index (κ2) is 4.57. The van der Waals surface area contributed by atoms with Gasteiger partial charge in [0, 0.05) is 7.05 Å². The van der Waals surface area contributed by atoms with Crippen molar-refractivity contribution in [1.82, 2.24) is 5.32 Å². The summed E-state index contributed by atoms with van der Waals surface area (Å²) >= 11 is 0. The topological polar surface area (TPSA) is 24.5 Å². The summed E-state index contributed by atoms with van der Waals surface area (Å²) in [6, 6.07) is 6.64. The fourth-order valence-corrected chi connectivity index (χ4v) is 2.75. The van der Waals surface area contributed by atoms with Crippen LogP contribution in [0, 0.1) is 5.92 Å². The summed E-state index contributed by atoms with van der Waals surface area (Å²) in [5, 5.41) is 3.43. The molecular formula is C14H20N2O. The molecule has 3 rings (SSSR count). The lowest BCUT2D eigenvalue weighted by Gasteiger charge is -2.28. The second-order valence-electron chi connectivity index (χ2n) is 5.14. The van der Waals surface area contributed by atoms with Crippen LogP contribution in [0.4, 0.5) is 5.69 Å². The van der Waals surface area contributed by atoms with Gasteiger partial charge in [0.2, 0.25) is 0 Å². The van der Waals surface area contributed by atoms with Gasteiger partial charge >= 0.3 is 0 Å². The third kappa shape index (κ3) is 2.25. The zero-order chi connectivity index (χ0) is 11.7. The smallest absolute Gasteiger partial charge is 0.142 e. The van der Waals surface area contributed by atoms with Crippen LogP contribution in [0.15, 0.2) is 18.2 Å². The Morgan fingerprint density at radius 3 is 3.24 bits per heavy atom. The van der Waals surface area contributed by atoms with E-state index < -0.39 is 0 Å². The highest BCUT2D eigenvalue weighted by Gasteiger charge is 2.18. The minimum atomic E-state index is 0.801. The Bertz CT molecular complexity index is 399. The molecule has 2 heterocycles. The van der Waals surface area contributed by atoms with Crippen molar-refractivity contribution in [2.75, 3.05) is 38.2 Å². The molecule has 1 N–H and O–H groups in total. The van der Waals surface area contributed by atoms with E-state index in [0.717, 1.165) is 24.8 Å². The maximum atomic E-state index is 5.66. The Balaban J connectivity index is 1.79. The molecule has 0 saturated carbocycles. The zero-order valence-corrected chi connectivity index (χ0v) is 10.4. The van der Waals surface area contributed by atoms with Gasteiger partial charge in [0.1, 0.15) is 12.4 Å². The normalized spacial score (nSPS) is 23.4. The van der Waals surface area contributed by atoms with E-state index in [-0.39, 0.29) is 0 Å². The SMILES string of the molecule is CN1CCOc2ccc(CC3CCNC3)cc21. The molecule has 0 bridgehead atoms. The highest BCUT2D eigenvalue weighted by atomic mass is 16.5. The van der Waals surface area contributed by atoms with Crippen LogP contribution in [0.1, 0.15) is 12.0 Å². The van der Waals surface area contributed by atoms with Crippen LogP contribution in [-0.4, -0.2) is 33.3 Å². The van der Waals surface area contributed by atoms with Crippen molar-refractivity contribution in [1.29, 1.82) is 0 Å². The van der Waals surface area contributed by atoms with Crippen molar-refractivity contribution in [3.05, 3.63) is 23.8 Å². The first-order valence-corrected chi connectivity index (χ1v) is 6.50. The number of ether oxygens (including phenoxy) is 1. The number of anilines is 1. The van der Waals surface area contributed by atoms with Crippen molar-refractivity contribution < 1.29 is 4.74 Å². The van der Waals surface area contributed by atoms with Gasteiger partial charge in [-0.2, -0.15) is 0 Å². The van der Waals surface area contributed by atoms with Gasteiger partial charge in [0.05, 0.1) is 12.2 Å². The van der Waals surface area contributed by atoms with Gasteiger partial charge in [-0.25, -0.2) is 0 Å². The van der Waals surface area contributed by atoms with E-state index in [9.17, 15) is 0 Å². The molecule has 1 aromatic carbocycles. The second-order valence-corrected chi connectivity index (χ2v) is 5.14. The first-order chi connectivity index (χ1) is 8.33. The Kier molecular flexibility index (Phi) is 2.93. The number of hydrogen-bond donors (Lipinski definition) is 1. The molecule has 1 saturated heterocycles. The Hall–Kier alpha value is -1.22. The molecule has 0 aliphatic carbocycles. The Labute approximate surface area is 103 Å². The number of benzene rings is 1. The standard InChI is InChI=1S/C14H20N2O/c1-16-6-7-17-14-3-2-11(9-13(14)16)8-12-4-5-15-10-12/h2-3,9,12,15H,4-8,10H2,1H3. The zero-order valence-electron chi connectivity index (χ0n) is 10.4. The van der Waals surface area contributed by atoms with Gasteiger partial charge in [-0.1, -0.05) is 6.07 Å². The average Bonchev–Trinajstić information content (AvgIpc) is 2.83. The first kappa shape index (κ1) is 10.9. The molecule has 1 atom stereocenters. The number of nitrogens with zero attached hydrogens (tertiary/aromatic N) is 1. The number of likely N-dealkylation sites (N-methyl/N-ethyl adjacent to an activating group) is 1. The minimum Gasteiger partial charge on any atom is -0.490 e. The molecule has 2 aliphatic heterocycles. The van der Waals surface area contributed by atoms with Crippen molar-refractivity contribution in [3.8, 4) is 5.75 Å². The highest BCUT2D eigenvalue weighted by Crippen LogP contribution is 2.32. The van der Waals surface area contributed by atoms with E-state index >= 15 is 0 Å². The maximum absolute atomic E-state index is 5.66. The molecule has 3 heteroatoms. The molecule has 0 aromatic heterocycles. The highest BCUT2D eigenvalue weighted by molar-refractivity contribution is 5.60. The van der Waals surface area contributed by atoms with E-state index in [4.69, 9.17) is 4.74 Å². The lowest BCUT2D eigenvalue weighted by Crippen LogP contribution is -2.28. The number of fused-ring (bicyclic) bond motifs is 1. The average molecular weight is 232 g/mol. The quantitative estimate of drug-likeness (QED) is 0.839. The summed E-state index contributed by atoms with van der Waals surface area (Å²) in [4.78, 5) is 2.29. The van der Waals surface area contributed by atoms with Crippen molar-refractivity contribution >= 4 is 5.69 Å². The summed E-state index contributed by atoms with van der Waals surface area (Å²) in [6.07, 6.45) is 2.50. The molecule has 1 unspecified atom stereocenters. The molecular weight excluding hydrogens is 212 g/mol. The summed E-state index contributed by atoms with van der Waals surface area (Å²) in [5.74, 6) is 1.84. The summed E-state index contributed by atoms with van der Waals surface area (Å²) in [6.45, 7) is 4.14. The molecule has 1 aromatic rings. The fourth-order valence-electron chi connectivity index (χ4n) is 2.75. The third-order valence-corrected chi connectivity index (χ3v) is 3.81. The van der Waals surface area contributed by atoms with Gasteiger partial charge in [0.15, 0.2) is 0 Å². The van der Waals surface area contributed by atoms with E-state index in [1.54, 1.807) is 0 Å². The Morgan fingerprint density at radius 1 is 1.47 bits per heavy atom. The van der Waals surface area contributed by atoms with Crippen molar-refractivity contribution in [3.63, 3.8) is 0 Å². The van der Waals surface area contributed by atoms with Gasteiger partial charge in [0.25, 0.3) is 0 Å². The molecule has 92 valence electrons. The van der Waals surface area contributed by atoms with Crippen LogP contribution >= 0.6 is 0 Å². The maximum Gasteiger partial charge on any atom is 0.142 e. The summed E-state index contributed by atoms with van der Waals surface area (Å²) < 4.78 is 5.66. The number of rotatable bonds is 2. The largest absolute Gasteiger partial charge is 0.490 e. The van der Waals surface area contributed by atoms with Crippen LogP contribution in [0.5, 0.6) is 5.75 Å². The molecule has 0 spiro atoms. The van der Waals surface area contributed by atoms with Gasteiger partial charge < -0.3 is 15.0 Å². The van der Waals surface area contributed by atoms with Crippen molar-refractivity contribution in [2.24, 2.45) is 5.92 Å². The minimum absolute atomic E-state index is 0.801. The third-order valence-electron chi connectivity index (χ3n) is 3.81. The van der Waals surface area contributed by atoms with Crippen LogP contribution in [0.3, 0.4) is 0 Å². The molecule has 0 radical (unpaired) electrons. The van der Waals surface area contributed by atoms with E-state index in [2.05, 4.69) is 35.5 Å². The lowest BCUT2D eigenvalue weighted by atomic mass is 9.98. The molecule has 2 aliphatic rings. The van der Waals surface area contributed by atoms with Crippen LogP contribution in [0.2, 0.25) is 0 Å². The predicted octanol–water partition coefficient (Wildman–Crippen LogP) is 1.67. The molecule has 0 amide bonds. The van der Waals surface area contributed by atoms with Crippen molar-refractivity contribution in [2.45, 2.75) is 12.8 Å². The fraction of sp³-hybridized carbons (Fsp3) is 0.571. The van der Waals surface area contributed by atoms with E-state index in [1.165, 1.54) is 37.2 Å². The number of hydrogen-bond acceptors (Lipinski definition) is 3. The lowest BCUT2D eigenvalue weighted by molar-refractivity contribution is 0.311. The molecule has 17 heavy (non-hydrogen) atoms. The number of nitrogens with one attached hydrogen (secondary N) is 1. The Morgan fingerprint density at radius 2 is 2.41 bits per heavy atom. The van der Waals surface area contributed by atoms with Crippen LogP contribution in [-0.2, 0) is 6.42 Å². The van der Waals surface area contributed by atoms with Gasteiger partial charge in [-0.05, 0) is 49.5 Å². The summed E-state index contributed by atoms with van der Waals surface area (Å²) in [7, 11) is 2.14. The molecule has 3 nitrogen and oxygen atoms in total. The van der Waals surface area contributed by atoms with Crippen LogP contribution in [0.25, 0.3) is 0 Å². The first-order valence-electron chi connectivity index (χ1n) is 6.50. The van der Waals surface area contributed by atoms with Gasteiger partial charge in [-0.3, -0.25) is 0 Å². The van der Waals surface area contributed by atoms with E-state index in [0.29, 0.717) is 0 Å². The monoisotopic (exact) mass is 232 g/mol. The predicted molar refractivity (Wildman–Crippen MR) is 69.9 cm³/mol. The van der Waals surface area contributed by atoms with E-state index in [1.807, 2.05) is 0 Å². The molecule has 1 fully saturated rings. The summed E-state index contributed by atoms with van der Waals surface area (Å²) in [5.41, 5.74) is 2.69. The van der Waals surface area contributed by atoms with Gasteiger partial charge in [-0.15, -0.1) is 0 Å². The van der Waals surface area contributed by atoms with Crippen LogP contribution < -0.4 is 15.0 Å².